The highest BCUT2D eigenvalue weighted by Crippen LogP contribution is 2.46. The van der Waals surface area contributed by atoms with E-state index in [0.29, 0.717) is 4.88 Å². The lowest BCUT2D eigenvalue weighted by molar-refractivity contribution is -0.116. The Kier molecular flexibility index (Phi) is 4.32. The number of benzene rings is 2. The molecule has 0 spiro atoms. The topological polar surface area (TPSA) is 63.2 Å². The molecule has 27 heavy (non-hydrogen) atoms. The Morgan fingerprint density at radius 1 is 1.07 bits per heavy atom. The first kappa shape index (κ1) is 17.8. The van der Waals surface area contributed by atoms with Crippen molar-refractivity contribution in [2.24, 2.45) is 0 Å². The average Bonchev–Trinajstić information content (AvgIpc) is 3.08. The molecule has 8 heteroatoms. The minimum absolute atomic E-state index is 0.0384. The van der Waals surface area contributed by atoms with Gasteiger partial charge in [-0.05, 0) is 35.9 Å². The van der Waals surface area contributed by atoms with Crippen LogP contribution in [0.1, 0.15) is 22.8 Å². The predicted molar refractivity (Wildman–Crippen MR) is 97.7 cm³/mol. The molecular formula is C19H13F2NO3S2. The zero-order valence-electron chi connectivity index (χ0n) is 13.8. The van der Waals surface area contributed by atoms with Crippen LogP contribution in [0.15, 0.2) is 63.7 Å². The fourth-order valence-electron chi connectivity index (χ4n) is 3.16. The van der Waals surface area contributed by atoms with Gasteiger partial charge in [0.15, 0.2) is 0 Å². The lowest BCUT2D eigenvalue weighted by Gasteiger charge is -2.24. The molecule has 1 aliphatic heterocycles. The third kappa shape index (κ3) is 3.04. The second kappa shape index (κ2) is 6.54. The van der Waals surface area contributed by atoms with Crippen molar-refractivity contribution in [3.05, 3.63) is 76.0 Å². The van der Waals surface area contributed by atoms with Crippen molar-refractivity contribution in [2.45, 2.75) is 22.1 Å². The van der Waals surface area contributed by atoms with Crippen LogP contribution in [0, 0.1) is 11.6 Å². The molecule has 1 N–H and O–H groups in total. The summed E-state index contributed by atoms with van der Waals surface area (Å²) < 4.78 is 53.8. The molecule has 138 valence electrons. The second-order valence-electron chi connectivity index (χ2n) is 6.13. The summed E-state index contributed by atoms with van der Waals surface area (Å²) in [5.41, 5.74) is 0.186. The van der Waals surface area contributed by atoms with Crippen LogP contribution >= 0.6 is 11.3 Å². The van der Waals surface area contributed by atoms with E-state index in [1.807, 2.05) is 0 Å². The van der Waals surface area contributed by atoms with Crippen molar-refractivity contribution >= 4 is 32.8 Å². The van der Waals surface area contributed by atoms with E-state index in [4.69, 9.17) is 0 Å². The van der Waals surface area contributed by atoms with Gasteiger partial charge in [-0.2, -0.15) is 0 Å². The highest BCUT2D eigenvalue weighted by Gasteiger charge is 2.35. The number of hydrogen-bond donors (Lipinski definition) is 1. The highest BCUT2D eigenvalue weighted by molar-refractivity contribution is 7.91. The van der Waals surface area contributed by atoms with Crippen molar-refractivity contribution in [2.75, 3.05) is 5.32 Å². The van der Waals surface area contributed by atoms with E-state index in [1.54, 1.807) is 18.2 Å². The third-order valence-corrected chi connectivity index (χ3v) is 7.47. The number of halogens is 2. The van der Waals surface area contributed by atoms with Gasteiger partial charge in [-0.1, -0.05) is 18.2 Å². The number of sulfone groups is 1. The van der Waals surface area contributed by atoms with Crippen molar-refractivity contribution < 1.29 is 22.0 Å². The zero-order chi connectivity index (χ0) is 19.2. The van der Waals surface area contributed by atoms with E-state index in [2.05, 4.69) is 5.32 Å². The summed E-state index contributed by atoms with van der Waals surface area (Å²) in [5, 5.41) is 4.03. The number of anilines is 1. The molecule has 0 aliphatic carbocycles. The molecule has 0 bridgehead atoms. The van der Waals surface area contributed by atoms with E-state index in [0.717, 1.165) is 29.5 Å². The fourth-order valence-corrected chi connectivity index (χ4v) is 6.08. The van der Waals surface area contributed by atoms with Crippen LogP contribution in [0.25, 0.3) is 0 Å². The maximum Gasteiger partial charge on any atom is 0.225 e. The Bertz CT molecular complexity index is 1140. The van der Waals surface area contributed by atoms with Crippen LogP contribution in [0.4, 0.5) is 14.5 Å². The molecule has 1 aromatic heterocycles. The molecule has 1 atom stereocenters. The molecule has 2 aromatic carbocycles. The standard InChI is InChI=1S/C19H13F2NO3S2/c20-11-6-7-15(21)13(8-11)14-9-17(23)22-18-16(10-26-19(14)18)27(24,25)12-4-2-1-3-5-12/h1-8,10,14H,9H2,(H,22,23)/t14-/m0/s1. The molecule has 0 radical (unpaired) electrons. The summed E-state index contributed by atoms with van der Waals surface area (Å²) in [6, 6.07) is 10.9. The molecule has 3 aromatic rings. The SMILES string of the molecule is O=C1C[C@@H](c2cc(F)ccc2F)c2scc(S(=O)(=O)c3ccccc3)c2N1. The predicted octanol–water partition coefficient (Wildman–Crippen LogP) is 4.33. The number of hydrogen-bond acceptors (Lipinski definition) is 4. The molecular weight excluding hydrogens is 392 g/mol. The van der Waals surface area contributed by atoms with Gasteiger partial charge in [0.1, 0.15) is 16.5 Å². The summed E-state index contributed by atoms with van der Waals surface area (Å²) in [6.45, 7) is 0. The smallest absolute Gasteiger partial charge is 0.225 e. The molecule has 4 nitrogen and oxygen atoms in total. The Labute approximate surface area is 158 Å². The number of fused-ring (bicyclic) bond motifs is 1. The Morgan fingerprint density at radius 2 is 1.81 bits per heavy atom. The van der Waals surface area contributed by atoms with Gasteiger partial charge in [-0.25, -0.2) is 17.2 Å². The molecule has 0 saturated heterocycles. The van der Waals surface area contributed by atoms with E-state index in [9.17, 15) is 22.0 Å². The number of carbonyl (C=O) groups is 1. The Balaban J connectivity index is 1.87. The van der Waals surface area contributed by atoms with Crippen molar-refractivity contribution in [1.82, 2.24) is 0 Å². The Hall–Kier alpha value is -2.58. The van der Waals surface area contributed by atoms with Crippen LogP contribution in [0.5, 0.6) is 0 Å². The summed E-state index contributed by atoms with van der Waals surface area (Å²) in [4.78, 5) is 12.8. The van der Waals surface area contributed by atoms with Crippen molar-refractivity contribution in [3.8, 4) is 0 Å². The quantitative estimate of drug-likeness (QED) is 0.705. The van der Waals surface area contributed by atoms with Gasteiger partial charge in [0.05, 0.1) is 10.6 Å². The maximum atomic E-state index is 14.3. The van der Waals surface area contributed by atoms with Crippen LogP contribution in [-0.4, -0.2) is 14.3 Å². The summed E-state index contributed by atoms with van der Waals surface area (Å²) in [7, 11) is -3.86. The number of carbonyl (C=O) groups excluding carboxylic acids is 1. The molecule has 1 aliphatic rings. The van der Waals surface area contributed by atoms with Gasteiger partial charge in [-0.3, -0.25) is 4.79 Å². The lowest BCUT2D eigenvalue weighted by atomic mass is 9.90. The number of nitrogens with one attached hydrogen (secondary N) is 1. The number of thiophene rings is 1. The largest absolute Gasteiger partial charge is 0.324 e. The number of amides is 1. The van der Waals surface area contributed by atoms with Gasteiger partial charge < -0.3 is 5.32 Å². The molecule has 4 rings (SSSR count). The number of rotatable bonds is 3. The zero-order valence-corrected chi connectivity index (χ0v) is 15.4. The van der Waals surface area contributed by atoms with Crippen LogP contribution in [-0.2, 0) is 14.6 Å². The normalized spacial score (nSPS) is 16.7. The third-order valence-electron chi connectivity index (χ3n) is 4.43. The molecule has 0 unspecified atom stereocenters. The lowest BCUT2D eigenvalue weighted by Crippen LogP contribution is -2.24. The van der Waals surface area contributed by atoms with E-state index >= 15 is 0 Å². The molecule has 2 heterocycles. The second-order valence-corrected chi connectivity index (χ2v) is 8.96. The van der Waals surface area contributed by atoms with Crippen LogP contribution in [0.2, 0.25) is 0 Å². The van der Waals surface area contributed by atoms with Crippen LogP contribution in [0.3, 0.4) is 0 Å². The molecule has 0 fully saturated rings. The summed E-state index contributed by atoms with van der Waals surface area (Å²) in [5.74, 6) is -2.44. The minimum atomic E-state index is -3.86. The summed E-state index contributed by atoms with van der Waals surface area (Å²) >= 11 is 1.11. The molecule has 0 saturated carbocycles. The van der Waals surface area contributed by atoms with Gasteiger partial charge in [0.25, 0.3) is 0 Å². The monoisotopic (exact) mass is 405 g/mol. The van der Waals surface area contributed by atoms with Gasteiger partial charge in [0, 0.05) is 22.6 Å². The first-order valence-corrected chi connectivity index (χ1v) is 10.4. The summed E-state index contributed by atoms with van der Waals surface area (Å²) in [6.07, 6.45) is -0.0846. The van der Waals surface area contributed by atoms with E-state index in [1.165, 1.54) is 17.5 Å². The fraction of sp³-hybridized carbons (Fsp3) is 0.105. The van der Waals surface area contributed by atoms with Gasteiger partial charge >= 0.3 is 0 Å². The average molecular weight is 405 g/mol. The molecule has 1 amide bonds. The van der Waals surface area contributed by atoms with Gasteiger partial charge in [-0.15, -0.1) is 11.3 Å². The van der Waals surface area contributed by atoms with Gasteiger partial charge in [0.2, 0.25) is 15.7 Å². The maximum absolute atomic E-state index is 14.3. The van der Waals surface area contributed by atoms with E-state index in [-0.39, 0.29) is 27.5 Å². The van der Waals surface area contributed by atoms with Crippen molar-refractivity contribution in [1.29, 1.82) is 0 Å². The first-order valence-electron chi connectivity index (χ1n) is 8.04. The highest BCUT2D eigenvalue weighted by atomic mass is 32.2. The van der Waals surface area contributed by atoms with Crippen LogP contribution < -0.4 is 5.32 Å². The van der Waals surface area contributed by atoms with Crippen molar-refractivity contribution in [3.63, 3.8) is 0 Å². The minimum Gasteiger partial charge on any atom is -0.324 e. The first-order chi connectivity index (χ1) is 12.9. The van der Waals surface area contributed by atoms with E-state index < -0.39 is 33.3 Å². The Morgan fingerprint density at radius 3 is 2.56 bits per heavy atom.